The minimum Gasteiger partial charge on any atom is -0.382 e. The summed E-state index contributed by atoms with van der Waals surface area (Å²) in [6.45, 7) is 3.18. The van der Waals surface area contributed by atoms with Crippen LogP contribution in [-0.2, 0) is 15.9 Å². The third kappa shape index (κ3) is 7.94. The molecule has 1 amide bonds. The number of carbonyl (C=O) groups is 1. The molecule has 0 saturated heterocycles. The molecule has 1 aromatic rings. The Labute approximate surface area is 143 Å². The first-order valence-corrected chi connectivity index (χ1v) is 8.03. The van der Waals surface area contributed by atoms with Gasteiger partial charge in [-0.25, -0.2) is 0 Å². The van der Waals surface area contributed by atoms with Crippen LogP contribution in [0.25, 0.3) is 0 Å². The van der Waals surface area contributed by atoms with Gasteiger partial charge in [0.25, 0.3) is 5.91 Å². The summed E-state index contributed by atoms with van der Waals surface area (Å²) in [5, 5.41) is 9.05. The highest BCUT2D eigenvalue weighted by Crippen LogP contribution is 2.05. The summed E-state index contributed by atoms with van der Waals surface area (Å²) in [6.07, 6.45) is 0.801. The largest absolute Gasteiger partial charge is 0.382 e. The molecule has 7 heteroatoms. The van der Waals surface area contributed by atoms with E-state index in [1.54, 1.807) is 27.3 Å². The van der Waals surface area contributed by atoms with Gasteiger partial charge in [-0.15, -0.1) is 0 Å². The zero-order valence-corrected chi connectivity index (χ0v) is 14.7. The van der Waals surface area contributed by atoms with Crippen LogP contribution in [0.4, 0.5) is 0 Å². The lowest BCUT2D eigenvalue weighted by atomic mass is 10.1. The van der Waals surface area contributed by atoms with Crippen LogP contribution in [0.3, 0.4) is 0 Å². The summed E-state index contributed by atoms with van der Waals surface area (Å²) in [5.74, 6) is 0.656. The molecule has 7 nitrogen and oxygen atoms in total. The molecule has 0 aromatic heterocycles. The third-order valence-electron chi connectivity index (χ3n) is 3.32. The van der Waals surface area contributed by atoms with Crippen molar-refractivity contribution in [3.8, 4) is 0 Å². The van der Waals surface area contributed by atoms with Gasteiger partial charge in [-0.2, -0.15) is 0 Å². The monoisotopic (exact) mass is 336 g/mol. The number of hydrogen-bond donors (Lipinski definition) is 3. The van der Waals surface area contributed by atoms with Crippen molar-refractivity contribution in [2.45, 2.75) is 6.42 Å². The van der Waals surface area contributed by atoms with Gasteiger partial charge in [0.1, 0.15) is 0 Å². The Morgan fingerprint density at radius 1 is 1.17 bits per heavy atom. The van der Waals surface area contributed by atoms with E-state index in [2.05, 4.69) is 20.9 Å². The molecule has 0 radical (unpaired) electrons. The fourth-order valence-electron chi connectivity index (χ4n) is 2.04. The highest BCUT2D eigenvalue weighted by molar-refractivity contribution is 5.94. The Morgan fingerprint density at radius 2 is 1.96 bits per heavy atom. The van der Waals surface area contributed by atoms with Crippen LogP contribution < -0.4 is 16.0 Å². The minimum absolute atomic E-state index is 0.0734. The number of carbonyl (C=O) groups excluding carboxylic acids is 1. The Balaban J connectivity index is 2.28. The zero-order valence-electron chi connectivity index (χ0n) is 14.7. The maximum atomic E-state index is 11.6. The van der Waals surface area contributed by atoms with E-state index in [9.17, 15) is 4.79 Å². The number of amides is 1. The molecule has 0 bridgehead atoms. The Hall–Kier alpha value is -2.12. The van der Waals surface area contributed by atoms with Gasteiger partial charge in [-0.1, -0.05) is 12.1 Å². The lowest BCUT2D eigenvalue weighted by Crippen LogP contribution is -2.39. The fraction of sp³-hybridized carbons (Fsp3) is 0.529. The van der Waals surface area contributed by atoms with Crippen molar-refractivity contribution in [3.63, 3.8) is 0 Å². The summed E-state index contributed by atoms with van der Waals surface area (Å²) >= 11 is 0. The molecule has 0 heterocycles. The molecule has 0 aliphatic heterocycles. The number of guanidine groups is 1. The van der Waals surface area contributed by atoms with E-state index in [0.29, 0.717) is 31.9 Å². The quantitative estimate of drug-likeness (QED) is 0.328. The predicted octanol–water partition coefficient (Wildman–Crippen LogP) is 0.417. The van der Waals surface area contributed by atoms with Gasteiger partial charge in [0.2, 0.25) is 0 Å². The second-order valence-electron chi connectivity index (χ2n) is 5.06. The molecule has 0 atom stereocenters. The molecular formula is C17H28N4O3. The molecule has 1 rings (SSSR count). The van der Waals surface area contributed by atoms with Gasteiger partial charge in [-0.05, 0) is 24.1 Å². The molecular weight excluding hydrogens is 308 g/mol. The molecule has 0 saturated carbocycles. The third-order valence-corrected chi connectivity index (χ3v) is 3.32. The minimum atomic E-state index is -0.0734. The lowest BCUT2D eigenvalue weighted by Gasteiger charge is -2.12. The molecule has 0 spiro atoms. The molecule has 3 N–H and O–H groups in total. The number of methoxy groups -OCH3 is 1. The normalized spacial score (nSPS) is 11.2. The standard InChI is InChI=1S/C17H28N4O3/c1-18-16(22)15-6-4-5-14(13-15)7-8-20-17(19-2)21-9-10-24-12-11-23-3/h4-6,13H,7-12H2,1-3H3,(H,18,22)(H2,19,20,21). The maximum absolute atomic E-state index is 11.6. The molecule has 1 aromatic carbocycles. The van der Waals surface area contributed by atoms with Crippen LogP contribution in [0, 0.1) is 0 Å². The molecule has 24 heavy (non-hydrogen) atoms. The van der Waals surface area contributed by atoms with E-state index >= 15 is 0 Å². The van der Waals surface area contributed by atoms with Gasteiger partial charge >= 0.3 is 0 Å². The molecule has 0 unspecified atom stereocenters. The van der Waals surface area contributed by atoms with Crippen LogP contribution in [-0.4, -0.2) is 66.0 Å². The van der Waals surface area contributed by atoms with Crippen molar-refractivity contribution in [3.05, 3.63) is 35.4 Å². The number of nitrogens with zero attached hydrogens (tertiary/aromatic N) is 1. The maximum Gasteiger partial charge on any atom is 0.251 e. The first kappa shape index (κ1) is 19.9. The number of benzene rings is 1. The topological polar surface area (TPSA) is 84.0 Å². The van der Waals surface area contributed by atoms with Crippen LogP contribution in [0.15, 0.2) is 29.3 Å². The Morgan fingerprint density at radius 3 is 2.67 bits per heavy atom. The van der Waals surface area contributed by atoms with E-state index in [0.717, 1.165) is 24.5 Å². The highest BCUT2D eigenvalue weighted by Gasteiger charge is 2.04. The van der Waals surface area contributed by atoms with Crippen molar-refractivity contribution >= 4 is 11.9 Å². The van der Waals surface area contributed by atoms with Crippen molar-refractivity contribution in [2.24, 2.45) is 4.99 Å². The van der Waals surface area contributed by atoms with E-state index in [1.807, 2.05) is 18.2 Å². The second-order valence-corrected chi connectivity index (χ2v) is 5.06. The number of ether oxygens (including phenoxy) is 2. The number of aliphatic imine (C=N–C) groups is 1. The van der Waals surface area contributed by atoms with Gasteiger partial charge in [0.05, 0.1) is 19.8 Å². The van der Waals surface area contributed by atoms with E-state index in [1.165, 1.54) is 0 Å². The van der Waals surface area contributed by atoms with Gasteiger partial charge in [0.15, 0.2) is 5.96 Å². The first-order chi connectivity index (χ1) is 11.7. The summed E-state index contributed by atoms with van der Waals surface area (Å²) in [7, 11) is 5.01. The molecule has 0 aliphatic rings. The Kier molecular flexibility index (Phi) is 10.2. The molecule has 134 valence electrons. The van der Waals surface area contributed by atoms with Crippen LogP contribution in [0.5, 0.6) is 0 Å². The van der Waals surface area contributed by atoms with Crippen LogP contribution in [0.1, 0.15) is 15.9 Å². The lowest BCUT2D eigenvalue weighted by molar-refractivity contribution is 0.0733. The highest BCUT2D eigenvalue weighted by atomic mass is 16.5. The van der Waals surface area contributed by atoms with Crippen molar-refractivity contribution < 1.29 is 14.3 Å². The SMILES string of the molecule is CN=C(NCCOCCOC)NCCc1cccc(C(=O)NC)c1. The zero-order chi connectivity index (χ0) is 17.6. The van der Waals surface area contributed by atoms with E-state index < -0.39 is 0 Å². The van der Waals surface area contributed by atoms with Crippen LogP contribution >= 0.6 is 0 Å². The summed E-state index contributed by atoms with van der Waals surface area (Å²) in [5.41, 5.74) is 1.77. The van der Waals surface area contributed by atoms with E-state index in [4.69, 9.17) is 9.47 Å². The summed E-state index contributed by atoms with van der Waals surface area (Å²) < 4.78 is 10.3. The van der Waals surface area contributed by atoms with Gasteiger partial charge in [0, 0.05) is 39.9 Å². The van der Waals surface area contributed by atoms with Crippen molar-refractivity contribution in [2.75, 3.05) is 54.1 Å². The Bertz CT molecular complexity index is 520. The predicted molar refractivity (Wildman–Crippen MR) is 95.6 cm³/mol. The number of rotatable bonds is 10. The average molecular weight is 336 g/mol. The van der Waals surface area contributed by atoms with Crippen molar-refractivity contribution in [1.29, 1.82) is 0 Å². The van der Waals surface area contributed by atoms with E-state index in [-0.39, 0.29) is 5.91 Å². The first-order valence-electron chi connectivity index (χ1n) is 8.03. The number of hydrogen-bond acceptors (Lipinski definition) is 4. The fourth-order valence-corrected chi connectivity index (χ4v) is 2.04. The van der Waals surface area contributed by atoms with Crippen molar-refractivity contribution in [1.82, 2.24) is 16.0 Å². The summed E-state index contributed by atoms with van der Waals surface area (Å²) in [4.78, 5) is 15.8. The molecule has 0 fully saturated rings. The molecule has 0 aliphatic carbocycles. The second kappa shape index (κ2) is 12.3. The number of nitrogens with one attached hydrogen (secondary N) is 3. The smallest absolute Gasteiger partial charge is 0.251 e. The van der Waals surface area contributed by atoms with Gasteiger partial charge in [-0.3, -0.25) is 9.79 Å². The van der Waals surface area contributed by atoms with Gasteiger partial charge < -0.3 is 25.4 Å². The summed E-state index contributed by atoms with van der Waals surface area (Å²) in [6, 6.07) is 7.61. The average Bonchev–Trinajstić information content (AvgIpc) is 2.62. The van der Waals surface area contributed by atoms with Crippen LogP contribution in [0.2, 0.25) is 0 Å².